The fourth-order valence-corrected chi connectivity index (χ4v) is 0.942. The second-order valence-corrected chi connectivity index (χ2v) is 2.96. The van der Waals surface area contributed by atoms with E-state index in [0.717, 1.165) is 0 Å². The van der Waals surface area contributed by atoms with Crippen LogP contribution in [0, 0.1) is 0 Å². The summed E-state index contributed by atoms with van der Waals surface area (Å²) in [4.78, 5) is 9.98. The van der Waals surface area contributed by atoms with Gasteiger partial charge in [-0.25, -0.2) is 0 Å². The largest absolute Gasteiger partial charge is 0.481 e. The lowest BCUT2D eigenvalue weighted by Crippen LogP contribution is -2.02. The minimum Gasteiger partial charge on any atom is -0.481 e. The molecule has 5 heteroatoms. The molecule has 9 heavy (non-hydrogen) atoms. The zero-order valence-electron chi connectivity index (χ0n) is 5.33. The molecule has 0 unspecified atom stereocenters. The van der Waals surface area contributed by atoms with E-state index in [2.05, 4.69) is 9.05 Å². The second-order valence-electron chi connectivity index (χ2n) is 1.25. The first kappa shape index (κ1) is 8.82. The molecule has 0 saturated heterocycles. The predicted molar refractivity (Wildman–Crippen MR) is 33.4 cm³/mol. The van der Waals surface area contributed by atoms with Crippen LogP contribution in [0.1, 0.15) is 0 Å². The molecule has 0 amide bonds. The molecule has 54 valence electrons. The molecule has 0 spiro atoms. The number of rotatable bonds is 4. The predicted octanol–water partition coefficient (Wildman–Crippen LogP) is 0.676. The van der Waals surface area contributed by atoms with Gasteiger partial charge in [-0.15, -0.1) is 0 Å². The Labute approximate surface area is 54.7 Å². The normalized spacial score (nSPS) is 10.1. The molecule has 0 bridgehead atoms. The molecule has 0 aliphatic carbocycles. The Kier molecular flexibility index (Phi) is 4.58. The molecule has 0 aliphatic heterocycles. The van der Waals surface area contributed by atoms with Crippen molar-refractivity contribution in [2.45, 2.75) is 0 Å². The smallest absolute Gasteiger partial charge is 0.312 e. The van der Waals surface area contributed by atoms with Crippen LogP contribution in [0.15, 0.2) is 0 Å². The molecule has 0 rings (SSSR count). The summed E-state index contributed by atoms with van der Waals surface area (Å²) in [5.41, 5.74) is 0. The standard InChI is InChI=1S/C4H9O4P/c1-7-9(8-2)3-4(5)6/h3H2,1-2H3,(H,5,6). The Hall–Kier alpha value is -0.180. The van der Waals surface area contributed by atoms with Crippen LogP contribution in [0.3, 0.4) is 0 Å². The van der Waals surface area contributed by atoms with Gasteiger partial charge in [-0.3, -0.25) is 4.79 Å². The van der Waals surface area contributed by atoms with Gasteiger partial charge in [0, 0.05) is 14.2 Å². The Bertz CT molecular complexity index is 90.6. The first-order chi connectivity index (χ1) is 4.20. The van der Waals surface area contributed by atoms with Gasteiger partial charge in [0.25, 0.3) is 0 Å². The maximum Gasteiger partial charge on any atom is 0.312 e. The Morgan fingerprint density at radius 1 is 1.56 bits per heavy atom. The minimum absolute atomic E-state index is 0.0532. The van der Waals surface area contributed by atoms with Crippen molar-refractivity contribution < 1.29 is 18.9 Å². The molecule has 0 radical (unpaired) electrons. The average molecular weight is 152 g/mol. The Morgan fingerprint density at radius 2 is 2.00 bits per heavy atom. The van der Waals surface area contributed by atoms with E-state index in [1.807, 2.05) is 0 Å². The lowest BCUT2D eigenvalue weighted by atomic mass is 10.8. The van der Waals surface area contributed by atoms with Crippen LogP contribution in [0.5, 0.6) is 0 Å². The van der Waals surface area contributed by atoms with Gasteiger partial charge in [0.1, 0.15) is 6.16 Å². The van der Waals surface area contributed by atoms with E-state index in [1.165, 1.54) is 14.2 Å². The van der Waals surface area contributed by atoms with E-state index >= 15 is 0 Å². The van der Waals surface area contributed by atoms with Crippen molar-refractivity contribution in [1.29, 1.82) is 0 Å². The summed E-state index contributed by atoms with van der Waals surface area (Å²) in [6.07, 6.45) is -0.0532. The van der Waals surface area contributed by atoms with Crippen LogP contribution in [0.4, 0.5) is 0 Å². The molecular weight excluding hydrogens is 143 g/mol. The lowest BCUT2D eigenvalue weighted by Gasteiger charge is -2.07. The summed E-state index contributed by atoms with van der Waals surface area (Å²) in [6.45, 7) is 0. The van der Waals surface area contributed by atoms with Crippen LogP contribution >= 0.6 is 8.38 Å². The van der Waals surface area contributed by atoms with E-state index in [0.29, 0.717) is 0 Å². The fraction of sp³-hybridized carbons (Fsp3) is 0.750. The summed E-state index contributed by atoms with van der Waals surface area (Å²) in [5, 5.41) is 8.20. The summed E-state index contributed by atoms with van der Waals surface area (Å²) >= 11 is 0. The SMILES string of the molecule is COP(CC(=O)O)OC. The van der Waals surface area contributed by atoms with Gasteiger partial charge in [-0.1, -0.05) is 0 Å². The molecule has 0 saturated carbocycles. The van der Waals surface area contributed by atoms with Crippen LogP contribution in [0.25, 0.3) is 0 Å². The summed E-state index contributed by atoms with van der Waals surface area (Å²) < 4.78 is 9.34. The number of carboxylic acids is 1. The van der Waals surface area contributed by atoms with E-state index in [9.17, 15) is 4.79 Å². The third-order valence-electron chi connectivity index (χ3n) is 0.672. The summed E-state index contributed by atoms with van der Waals surface area (Å²) in [5.74, 6) is -0.898. The molecule has 0 heterocycles. The van der Waals surface area contributed by atoms with Crippen molar-refractivity contribution in [1.82, 2.24) is 0 Å². The average Bonchev–Trinajstić information content (AvgIpc) is 1.82. The van der Waals surface area contributed by atoms with Crippen molar-refractivity contribution in [2.24, 2.45) is 0 Å². The molecule has 4 nitrogen and oxygen atoms in total. The minimum atomic E-state index is -1.20. The second kappa shape index (κ2) is 4.68. The van der Waals surface area contributed by atoms with Crippen LogP contribution in [-0.2, 0) is 13.8 Å². The number of hydrogen-bond acceptors (Lipinski definition) is 3. The number of aliphatic carboxylic acids is 1. The summed E-state index contributed by atoms with van der Waals surface area (Å²) in [7, 11) is 1.66. The molecule has 0 aromatic rings. The third kappa shape index (κ3) is 4.33. The lowest BCUT2D eigenvalue weighted by molar-refractivity contribution is -0.134. The molecule has 0 aliphatic rings. The van der Waals surface area contributed by atoms with Crippen molar-refractivity contribution >= 4 is 14.3 Å². The molecule has 0 aromatic heterocycles. The van der Waals surface area contributed by atoms with Crippen molar-refractivity contribution in [3.63, 3.8) is 0 Å². The summed E-state index contributed by atoms with van der Waals surface area (Å²) in [6, 6.07) is 0. The molecule has 1 N–H and O–H groups in total. The molecule has 0 fully saturated rings. The van der Waals surface area contributed by atoms with Gasteiger partial charge in [0.05, 0.1) is 0 Å². The molecule has 0 aromatic carbocycles. The molecular formula is C4H9O4P. The monoisotopic (exact) mass is 152 g/mol. The van der Waals surface area contributed by atoms with Crippen molar-refractivity contribution in [3.05, 3.63) is 0 Å². The topological polar surface area (TPSA) is 55.8 Å². The highest BCUT2D eigenvalue weighted by molar-refractivity contribution is 7.48. The Balaban J connectivity index is 3.43. The van der Waals surface area contributed by atoms with Gasteiger partial charge in [-0.2, -0.15) is 0 Å². The van der Waals surface area contributed by atoms with Gasteiger partial charge < -0.3 is 14.2 Å². The highest BCUT2D eigenvalue weighted by Crippen LogP contribution is 2.34. The van der Waals surface area contributed by atoms with Gasteiger partial charge >= 0.3 is 5.97 Å². The Morgan fingerprint density at radius 3 is 2.11 bits per heavy atom. The van der Waals surface area contributed by atoms with Gasteiger partial charge in [0.15, 0.2) is 8.38 Å². The molecule has 0 atom stereocenters. The van der Waals surface area contributed by atoms with Crippen molar-refractivity contribution in [2.75, 3.05) is 20.4 Å². The van der Waals surface area contributed by atoms with E-state index < -0.39 is 14.3 Å². The number of hydrogen-bond donors (Lipinski definition) is 1. The first-order valence-corrected chi connectivity index (χ1v) is 3.64. The zero-order valence-corrected chi connectivity index (χ0v) is 6.22. The van der Waals surface area contributed by atoms with E-state index in [1.54, 1.807) is 0 Å². The maximum atomic E-state index is 9.98. The third-order valence-corrected chi connectivity index (χ3v) is 2.01. The highest BCUT2D eigenvalue weighted by Gasteiger charge is 2.10. The van der Waals surface area contributed by atoms with Gasteiger partial charge in [0.2, 0.25) is 0 Å². The number of carbonyl (C=O) groups is 1. The fourth-order valence-electron chi connectivity index (χ4n) is 0.314. The van der Waals surface area contributed by atoms with Crippen LogP contribution in [0.2, 0.25) is 0 Å². The number of carboxylic acid groups (broad SMARTS) is 1. The highest BCUT2D eigenvalue weighted by atomic mass is 31.2. The van der Waals surface area contributed by atoms with E-state index in [4.69, 9.17) is 5.11 Å². The van der Waals surface area contributed by atoms with Crippen molar-refractivity contribution in [3.8, 4) is 0 Å². The van der Waals surface area contributed by atoms with E-state index in [-0.39, 0.29) is 6.16 Å². The van der Waals surface area contributed by atoms with Crippen LogP contribution < -0.4 is 0 Å². The quantitative estimate of drug-likeness (QED) is 0.601. The first-order valence-electron chi connectivity index (χ1n) is 2.28. The zero-order chi connectivity index (χ0) is 7.28. The van der Waals surface area contributed by atoms with Gasteiger partial charge in [-0.05, 0) is 0 Å². The van der Waals surface area contributed by atoms with Crippen LogP contribution in [-0.4, -0.2) is 31.5 Å². The maximum absolute atomic E-state index is 9.98.